The first-order chi connectivity index (χ1) is 8.06. The lowest BCUT2D eigenvalue weighted by atomic mass is 10.1. The maximum absolute atomic E-state index is 11.7. The van der Waals surface area contributed by atoms with Crippen molar-refractivity contribution in [1.82, 2.24) is 5.32 Å². The highest BCUT2D eigenvalue weighted by molar-refractivity contribution is 5.95. The number of aromatic carboxylic acids is 1. The number of hydrogen-bond acceptors (Lipinski definition) is 3. The summed E-state index contributed by atoms with van der Waals surface area (Å²) in [6, 6.07) is 1.33. The summed E-state index contributed by atoms with van der Waals surface area (Å²) < 4.78 is 4.92. The Hall–Kier alpha value is -1.78. The van der Waals surface area contributed by atoms with Gasteiger partial charge in [0.15, 0.2) is 5.76 Å². The molecule has 0 radical (unpaired) electrons. The fraction of sp³-hybridized carbons (Fsp3) is 0.500. The van der Waals surface area contributed by atoms with Crippen LogP contribution >= 0.6 is 0 Å². The summed E-state index contributed by atoms with van der Waals surface area (Å²) in [6.45, 7) is 1.94. The Morgan fingerprint density at radius 1 is 1.59 bits per heavy atom. The monoisotopic (exact) mass is 237 g/mol. The van der Waals surface area contributed by atoms with Gasteiger partial charge in [-0.2, -0.15) is 0 Å². The number of rotatable bonds is 5. The summed E-state index contributed by atoms with van der Waals surface area (Å²) in [6.07, 6.45) is 4.52. The first kappa shape index (κ1) is 11.7. The van der Waals surface area contributed by atoms with Gasteiger partial charge in [0.1, 0.15) is 6.26 Å². The Bertz CT molecular complexity index is 433. The molecule has 2 N–H and O–H groups in total. The minimum absolute atomic E-state index is 0.00926. The van der Waals surface area contributed by atoms with Crippen LogP contribution in [0.25, 0.3) is 0 Å². The third kappa shape index (κ3) is 3.09. The van der Waals surface area contributed by atoms with E-state index in [0.29, 0.717) is 0 Å². The van der Waals surface area contributed by atoms with E-state index in [2.05, 4.69) is 5.32 Å². The lowest BCUT2D eigenvalue weighted by molar-refractivity contribution is 0.0695. The predicted octanol–water partition coefficient (Wildman–Crippen LogP) is 1.90. The number of carboxylic acid groups (broad SMARTS) is 1. The van der Waals surface area contributed by atoms with Gasteiger partial charge in [0.25, 0.3) is 5.91 Å². The summed E-state index contributed by atoms with van der Waals surface area (Å²) in [5.41, 5.74) is -0.00926. The molecular formula is C12H15NO4. The Labute approximate surface area is 98.8 Å². The van der Waals surface area contributed by atoms with E-state index in [1.54, 1.807) is 0 Å². The average molecular weight is 237 g/mol. The van der Waals surface area contributed by atoms with E-state index in [1.165, 1.54) is 18.9 Å². The van der Waals surface area contributed by atoms with Crippen LogP contribution in [0.3, 0.4) is 0 Å². The lowest BCUT2D eigenvalue weighted by Crippen LogP contribution is -2.32. The summed E-state index contributed by atoms with van der Waals surface area (Å²) in [4.78, 5) is 22.3. The van der Waals surface area contributed by atoms with Crippen LogP contribution in [0.15, 0.2) is 16.7 Å². The number of nitrogens with one attached hydrogen (secondary N) is 1. The molecule has 1 amide bonds. The zero-order valence-corrected chi connectivity index (χ0v) is 9.60. The van der Waals surface area contributed by atoms with Gasteiger partial charge in [-0.25, -0.2) is 4.79 Å². The highest BCUT2D eigenvalue weighted by atomic mass is 16.4. The topological polar surface area (TPSA) is 79.5 Å². The van der Waals surface area contributed by atoms with Crippen LogP contribution < -0.4 is 5.32 Å². The number of carbonyl (C=O) groups is 2. The smallest absolute Gasteiger partial charge is 0.338 e. The van der Waals surface area contributed by atoms with Gasteiger partial charge in [-0.1, -0.05) is 12.8 Å². The Balaban J connectivity index is 1.91. The van der Waals surface area contributed by atoms with Crippen molar-refractivity contribution in [2.45, 2.75) is 32.2 Å². The molecule has 1 aliphatic rings. The first-order valence-corrected chi connectivity index (χ1v) is 5.69. The SMILES string of the molecule is CC(CC1CC1)NC(=O)c1cc(C(=O)O)co1. The molecule has 1 atom stereocenters. The molecular weight excluding hydrogens is 222 g/mol. The van der Waals surface area contributed by atoms with Crippen molar-refractivity contribution in [3.05, 3.63) is 23.7 Å². The van der Waals surface area contributed by atoms with Crippen LogP contribution in [0.4, 0.5) is 0 Å². The Kier molecular flexibility index (Phi) is 3.17. The zero-order chi connectivity index (χ0) is 12.4. The van der Waals surface area contributed by atoms with Crippen molar-refractivity contribution < 1.29 is 19.1 Å². The van der Waals surface area contributed by atoms with Gasteiger partial charge < -0.3 is 14.8 Å². The van der Waals surface area contributed by atoms with Crippen molar-refractivity contribution >= 4 is 11.9 Å². The fourth-order valence-electron chi connectivity index (χ4n) is 1.77. The first-order valence-electron chi connectivity index (χ1n) is 5.69. The normalized spacial score (nSPS) is 16.5. The third-order valence-corrected chi connectivity index (χ3v) is 2.83. The number of hydrogen-bond donors (Lipinski definition) is 2. The summed E-state index contributed by atoms with van der Waals surface area (Å²) in [7, 11) is 0. The summed E-state index contributed by atoms with van der Waals surface area (Å²) >= 11 is 0. The van der Waals surface area contributed by atoms with Gasteiger partial charge in [0.05, 0.1) is 5.56 Å². The van der Waals surface area contributed by atoms with E-state index in [0.717, 1.165) is 18.6 Å². The third-order valence-electron chi connectivity index (χ3n) is 2.83. The Morgan fingerprint density at radius 3 is 2.82 bits per heavy atom. The van der Waals surface area contributed by atoms with Gasteiger partial charge in [0, 0.05) is 12.1 Å². The highest BCUT2D eigenvalue weighted by Gasteiger charge is 2.25. The fourth-order valence-corrected chi connectivity index (χ4v) is 1.77. The number of amides is 1. The van der Waals surface area contributed by atoms with E-state index in [4.69, 9.17) is 9.52 Å². The van der Waals surface area contributed by atoms with E-state index >= 15 is 0 Å². The molecule has 92 valence electrons. The molecule has 1 fully saturated rings. The summed E-state index contributed by atoms with van der Waals surface area (Å²) in [5.74, 6) is -0.675. The average Bonchev–Trinajstić information content (AvgIpc) is 2.92. The minimum Gasteiger partial charge on any atom is -0.478 e. The number of carbonyl (C=O) groups excluding carboxylic acids is 1. The van der Waals surface area contributed by atoms with E-state index in [9.17, 15) is 9.59 Å². The molecule has 1 aromatic heterocycles. The molecule has 1 aromatic rings. The van der Waals surface area contributed by atoms with E-state index in [-0.39, 0.29) is 23.3 Å². The lowest BCUT2D eigenvalue weighted by Gasteiger charge is -2.11. The Morgan fingerprint density at radius 2 is 2.29 bits per heavy atom. The van der Waals surface area contributed by atoms with Crippen molar-refractivity contribution in [2.24, 2.45) is 5.92 Å². The van der Waals surface area contributed by atoms with Gasteiger partial charge in [-0.3, -0.25) is 4.79 Å². The van der Waals surface area contributed by atoms with E-state index in [1.807, 2.05) is 6.92 Å². The second-order valence-electron chi connectivity index (χ2n) is 4.56. The van der Waals surface area contributed by atoms with Crippen LogP contribution in [-0.4, -0.2) is 23.0 Å². The molecule has 1 unspecified atom stereocenters. The van der Waals surface area contributed by atoms with E-state index < -0.39 is 5.97 Å². The minimum atomic E-state index is -1.10. The molecule has 5 heteroatoms. The molecule has 5 nitrogen and oxygen atoms in total. The largest absolute Gasteiger partial charge is 0.478 e. The highest BCUT2D eigenvalue weighted by Crippen LogP contribution is 2.33. The standard InChI is InChI=1S/C12H15NO4/c1-7(4-8-2-3-8)13-11(14)10-5-9(6-17-10)12(15)16/h5-8H,2-4H2,1H3,(H,13,14)(H,15,16). The van der Waals surface area contributed by atoms with Gasteiger partial charge >= 0.3 is 5.97 Å². The number of furan rings is 1. The molecule has 0 saturated heterocycles. The van der Waals surface area contributed by atoms with Crippen molar-refractivity contribution in [3.8, 4) is 0 Å². The molecule has 17 heavy (non-hydrogen) atoms. The molecule has 0 spiro atoms. The van der Waals surface area contributed by atoms with Gasteiger partial charge in [0.2, 0.25) is 0 Å². The van der Waals surface area contributed by atoms with Crippen LogP contribution in [-0.2, 0) is 0 Å². The molecule has 1 saturated carbocycles. The van der Waals surface area contributed by atoms with Crippen molar-refractivity contribution in [3.63, 3.8) is 0 Å². The van der Waals surface area contributed by atoms with Gasteiger partial charge in [-0.05, 0) is 19.3 Å². The van der Waals surface area contributed by atoms with Gasteiger partial charge in [-0.15, -0.1) is 0 Å². The second kappa shape index (κ2) is 4.61. The maximum Gasteiger partial charge on any atom is 0.338 e. The number of carboxylic acids is 1. The molecule has 1 heterocycles. The quantitative estimate of drug-likeness (QED) is 0.819. The van der Waals surface area contributed by atoms with Crippen molar-refractivity contribution in [2.75, 3.05) is 0 Å². The molecule has 0 aromatic carbocycles. The molecule has 0 aliphatic heterocycles. The van der Waals surface area contributed by atoms with Crippen LogP contribution in [0, 0.1) is 5.92 Å². The summed E-state index contributed by atoms with van der Waals surface area (Å²) in [5, 5.41) is 11.5. The molecule has 0 bridgehead atoms. The van der Waals surface area contributed by atoms with Crippen molar-refractivity contribution in [1.29, 1.82) is 0 Å². The second-order valence-corrected chi connectivity index (χ2v) is 4.56. The predicted molar refractivity (Wildman–Crippen MR) is 59.9 cm³/mol. The van der Waals surface area contributed by atoms with Crippen LogP contribution in [0.1, 0.15) is 47.1 Å². The van der Waals surface area contributed by atoms with Crippen LogP contribution in [0.2, 0.25) is 0 Å². The zero-order valence-electron chi connectivity index (χ0n) is 9.60. The maximum atomic E-state index is 11.7. The molecule has 2 rings (SSSR count). The van der Waals surface area contributed by atoms with Crippen LogP contribution in [0.5, 0.6) is 0 Å². The molecule has 1 aliphatic carbocycles.